The molecule has 4 rings (SSSR count). The molecular weight excluding hydrogens is 334 g/mol. The fraction of sp³-hybridized carbons (Fsp3) is 0.565. The van der Waals surface area contributed by atoms with Crippen molar-refractivity contribution < 1.29 is 4.74 Å². The zero-order valence-electron chi connectivity index (χ0n) is 16.8. The molecule has 1 saturated carbocycles. The quantitative estimate of drug-likeness (QED) is 0.844. The lowest BCUT2D eigenvalue weighted by Gasteiger charge is -2.38. The van der Waals surface area contributed by atoms with Crippen molar-refractivity contribution in [1.29, 1.82) is 0 Å². The van der Waals surface area contributed by atoms with E-state index in [4.69, 9.17) is 4.74 Å². The van der Waals surface area contributed by atoms with Gasteiger partial charge in [-0.1, -0.05) is 25.8 Å². The summed E-state index contributed by atoms with van der Waals surface area (Å²) in [5, 5.41) is 3.26. The monoisotopic (exact) mass is 367 g/mol. The van der Waals surface area contributed by atoms with Crippen molar-refractivity contribution in [3.8, 4) is 0 Å². The Kier molecular flexibility index (Phi) is 7.36. The van der Waals surface area contributed by atoms with Gasteiger partial charge in [-0.25, -0.2) is 0 Å². The van der Waals surface area contributed by atoms with Crippen molar-refractivity contribution in [2.45, 2.75) is 70.4 Å². The molecule has 2 aliphatic rings. The number of pyridine rings is 2. The minimum absolute atomic E-state index is 0.209. The average Bonchev–Trinajstić information content (AvgIpc) is 3.15. The Hall–Kier alpha value is -1.78. The second kappa shape index (κ2) is 9.95. The van der Waals surface area contributed by atoms with Gasteiger partial charge in [0.05, 0.1) is 5.60 Å². The Morgan fingerprint density at radius 3 is 2.70 bits per heavy atom. The molecule has 4 nitrogen and oxygen atoms in total. The van der Waals surface area contributed by atoms with Gasteiger partial charge in [0.25, 0.3) is 0 Å². The molecular formula is C23H33N3O. The molecule has 2 aromatic rings. The Morgan fingerprint density at radius 2 is 2.00 bits per heavy atom. The van der Waals surface area contributed by atoms with Crippen molar-refractivity contribution in [1.82, 2.24) is 15.3 Å². The Labute approximate surface area is 163 Å². The number of ether oxygens (including phenoxy) is 1. The summed E-state index contributed by atoms with van der Waals surface area (Å²) in [5.41, 5.74) is 3.86. The van der Waals surface area contributed by atoms with Gasteiger partial charge >= 0.3 is 0 Å². The smallest absolute Gasteiger partial charge is 0.0689 e. The summed E-state index contributed by atoms with van der Waals surface area (Å²) in [7, 11) is 0. The molecule has 146 valence electrons. The van der Waals surface area contributed by atoms with Crippen molar-refractivity contribution in [2.75, 3.05) is 13.2 Å². The molecule has 0 amide bonds. The third-order valence-corrected chi connectivity index (χ3v) is 5.65. The lowest BCUT2D eigenvalue weighted by atomic mass is 9.83. The molecule has 3 heterocycles. The summed E-state index contributed by atoms with van der Waals surface area (Å²) in [6.07, 6.45) is 11.3. The zero-order valence-corrected chi connectivity index (χ0v) is 16.8. The second-order valence-corrected chi connectivity index (χ2v) is 7.77. The lowest BCUT2D eigenvalue weighted by Crippen LogP contribution is -2.36. The Bertz CT molecular complexity index is 683. The van der Waals surface area contributed by atoms with Crippen LogP contribution in [0.3, 0.4) is 0 Å². The van der Waals surface area contributed by atoms with E-state index in [1.54, 1.807) is 0 Å². The molecule has 4 heteroatoms. The highest BCUT2D eigenvalue weighted by Gasteiger charge is 2.40. The average molecular weight is 368 g/mol. The lowest BCUT2D eigenvalue weighted by molar-refractivity contribution is -0.0809. The molecule has 1 aliphatic heterocycles. The molecule has 0 aromatic carbocycles. The van der Waals surface area contributed by atoms with Crippen LogP contribution in [-0.4, -0.2) is 28.7 Å². The van der Waals surface area contributed by atoms with Gasteiger partial charge in [-0.15, -0.1) is 0 Å². The van der Waals surface area contributed by atoms with E-state index in [9.17, 15) is 0 Å². The van der Waals surface area contributed by atoms with E-state index in [1.807, 2.05) is 31.5 Å². The molecule has 0 radical (unpaired) electrons. The van der Waals surface area contributed by atoms with Gasteiger partial charge in [-0.3, -0.25) is 9.97 Å². The van der Waals surface area contributed by atoms with E-state index in [2.05, 4.69) is 40.4 Å². The number of hydrogen-bond donors (Lipinski definition) is 1. The van der Waals surface area contributed by atoms with E-state index < -0.39 is 0 Å². The molecule has 2 fully saturated rings. The normalized spacial score (nSPS) is 20.9. The number of aromatic nitrogens is 2. The highest BCUT2D eigenvalue weighted by Crippen LogP contribution is 2.44. The van der Waals surface area contributed by atoms with Crippen molar-refractivity contribution >= 4 is 0 Å². The third-order valence-electron chi connectivity index (χ3n) is 5.65. The first kappa shape index (κ1) is 20.0. The van der Waals surface area contributed by atoms with Crippen LogP contribution in [-0.2, 0) is 11.3 Å². The highest BCUT2D eigenvalue weighted by molar-refractivity contribution is 5.15. The minimum Gasteiger partial charge on any atom is -0.375 e. The first-order valence-corrected chi connectivity index (χ1v) is 10.4. The van der Waals surface area contributed by atoms with Gasteiger partial charge in [0.2, 0.25) is 0 Å². The zero-order chi connectivity index (χ0) is 19.0. The largest absolute Gasteiger partial charge is 0.375 e. The fourth-order valence-corrected chi connectivity index (χ4v) is 4.25. The topological polar surface area (TPSA) is 47.0 Å². The second-order valence-electron chi connectivity index (χ2n) is 7.77. The number of nitrogens with zero attached hydrogens (tertiary/aromatic N) is 2. The van der Waals surface area contributed by atoms with Gasteiger partial charge in [-0.2, -0.15) is 0 Å². The summed E-state index contributed by atoms with van der Waals surface area (Å²) in [4.78, 5) is 8.62. The van der Waals surface area contributed by atoms with Gasteiger partial charge in [0.15, 0.2) is 0 Å². The number of nitrogens with one attached hydrogen (secondary N) is 1. The number of hydrogen-bond acceptors (Lipinski definition) is 4. The number of rotatable bonds is 4. The van der Waals surface area contributed by atoms with Crippen LogP contribution in [0.1, 0.15) is 68.3 Å². The molecule has 1 saturated heterocycles. The molecule has 27 heavy (non-hydrogen) atoms. The summed E-state index contributed by atoms with van der Waals surface area (Å²) in [5.74, 6) is 0.619. The molecule has 2 aromatic heterocycles. The van der Waals surface area contributed by atoms with Crippen LogP contribution < -0.4 is 5.32 Å². The first-order chi connectivity index (χ1) is 13.2. The highest BCUT2D eigenvalue weighted by atomic mass is 16.5. The third kappa shape index (κ3) is 5.85. The van der Waals surface area contributed by atoms with E-state index in [0.29, 0.717) is 5.92 Å². The van der Waals surface area contributed by atoms with E-state index >= 15 is 0 Å². The van der Waals surface area contributed by atoms with Gasteiger partial charge in [0.1, 0.15) is 0 Å². The van der Waals surface area contributed by atoms with Crippen LogP contribution in [0.25, 0.3) is 0 Å². The summed E-state index contributed by atoms with van der Waals surface area (Å²) in [6, 6.07) is 10.4. The summed E-state index contributed by atoms with van der Waals surface area (Å²) >= 11 is 0. The molecule has 1 atom stereocenters. The van der Waals surface area contributed by atoms with Crippen molar-refractivity contribution in [3.63, 3.8) is 0 Å². The maximum Gasteiger partial charge on any atom is 0.0689 e. The van der Waals surface area contributed by atoms with Crippen molar-refractivity contribution in [3.05, 3.63) is 59.7 Å². The van der Waals surface area contributed by atoms with Gasteiger partial charge < -0.3 is 10.1 Å². The molecule has 1 N–H and O–H groups in total. The van der Waals surface area contributed by atoms with Crippen LogP contribution in [0.15, 0.2) is 42.7 Å². The maximum absolute atomic E-state index is 6.05. The predicted molar refractivity (Wildman–Crippen MR) is 110 cm³/mol. The maximum atomic E-state index is 6.05. The fourth-order valence-electron chi connectivity index (χ4n) is 4.25. The SMILES string of the molecule is CCNCc1ccnc(C)c1.c1ccc([C@@H]2CCOC3(CCCC3)C2)nc1. The minimum atomic E-state index is 0.209. The van der Waals surface area contributed by atoms with Crippen LogP contribution in [0.4, 0.5) is 0 Å². The van der Waals surface area contributed by atoms with Crippen LogP contribution >= 0.6 is 0 Å². The molecule has 1 aliphatic carbocycles. The van der Waals surface area contributed by atoms with E-state index in [0.717, 1.165) is 31.8 Å². The van der Waals surface area contributed by atoms with E-state index in [-0.39, 0.29) is 5.60 Å². The van der Waals surface area contributed by atoms with Crippen LogP contribution in [0.5, 0.6) is 0 Å². The van der Waals surface area contributed by atoms with Gasteiger partial charge in [0, 0.05) is 42.9 Å². The summed E-state index contributed by atoms with van der Waals surface area (Å²) < 4.78 is 6.05. The first-order valence-electron chi connectivity index (χ1n) is 10.4. The standard InChI is InChI=1S/C14H19NO.C9H14N2/c1-4-9-15-13(5-1)12-6-10-16-14(11-12)7-2-3-8-14;1-3-10-7-9-4-5-11-8(2)6-9/h1,4-5,9,12H,2-3,6-8,10-11H2;4-6,10H,3,7H2,1-2H3/t12-;/m1./s1. The molecule has 0 bridgehead atoms. The Morgan fingerprint density at radius 1 is 1.15 bits per heavy atom. The van der Waals surface area contributed by atoms with E-state index in [1.165, 1.54) is 43.4 Å². The summed E-state index contributed by atoms with van der Waals surface area (Å²) in [6.45, 7) is 6.99. The van der Waals surface area contributed by atoms with Crippen LogP contribution in [0.2, 0.25) is 0 Å². The van der Waals surface area contributed by atoms with Gasteiger partial charge in [-0.05, 0) is 69.0 Å². The molecule has 1 spiro atoms. The number of aryl methyl sites for hydroxylation is 1. The predicted octanol–water partition coefficient (Wildman–Crippen LogP) is 4.79. The van der Waals surface area contributed by atoms with Crippen molar-refractivity contribution in [2.24, 2.45) is 0 Å². The van der Waals surface area contributed by atoms with Crippen LogP contribution in [0, 0.1) is 6.92 Å². The Balaban J connectivity index is 0.000000168. The molecule has 0 unspecified atom stereocenters.